The van der Waals surface area contributed by atoms with Crippen molar-refractivity contribution in [2.75, 3.05) is 12.3 Å². The van der Waals surface area contributed by atoms with Crippen molar-refractivity contribution in [3.05, 3.63) is 52.3 Å². The van der Waals surface area contributed by atoms with Gasteiger partial charge in [0, 0.05) is 30.0 Å². The molecule has 3 aromatic rings. The molecule has 4 rings (SSSR count). The van der Waals surface area contributed by atoms with Crippen LogP contribution in [0.2, 0.25) is 10.0 Å². The van der Waals surface area contributed by atoms with Crippen molar-refractivity contribution in [3.8, 4) is 11.3 Å². The number of aromatic nitrogens is 2. The van der Waals surface area contributed by atoms with Crippen LogP contribution in [-0.4, -0.2) is 26.9 Å². The molecule has 1 aromatic carbocycles. The zero-order valence-corrected chi connectivity index (χ0v) is 16.3. The molecule has 0 saturated carbocycles. The number of pyridine rings is 1. The van der Waals surface area contributed by atoms with E-state index in [0.29, 0.717) is 16.1 Å². The summed E-state index contributed by atoms with van der Waals surface area (Å²) in [6.07, 6.45) is 5.73. The average Bonchev–Trinajstić information content (AvgIpc) is 2.97. The van der Waals surface area contributed by atoms with Crippen LogP contribution in [0.15, 0.2) is 36.5 Å². The van der Waals surface area contributed by atoms with Crippen molar-refractivity contribution in [2.24, 2.45) is 0 Å². The van der Waals surface area contributed by atoms with Gasteiger partial charge in [-0.05, 0) is 50.6 Å². The molecule has 2 N–H and O–H groups in total. The topological polar surface area (TPSA) is 46.6 Å². The fourth-order valence-electron chi connectivity index (χ4n) is 3.72. The first-order valence-corrected chi connectivity index (χ1v) is 9.74. The second-order valence-electron chi connectivity index (χ2n) is 7.04. The molecule has 3 heterocycles. The normalized spacial score (nSPS) is 18.5. The van der Waals surface area contributed by atoms with Gasteiger partial charge in [-0.15, -0.1) is 0 Å². The Balaban J connectivity index is 1.84. The maximum atomic E-state index is 6.26. The van der Waals surface area contributed by atoms with E-state index in [1.165, 1.54) is 19.3 Å². The molecule has 1 atom stereocenters. The predicted octanol–water partition coefficient (Wildman–Crippen LogP) is 5.26. The molecule has 26 heavy (non-hydrogen) atoms. The Labute approximate surface area is 163 Å². The standard InChI is InChI=1S/C20H22Cl2N4/c1-13-4-2-3-9-25(13)12-18-20(14-5-7-16(21)17(22)10-14)24-19-8-6-15(23)11-26(18)19/h5-8,10-11,13H,2-4,9,12,23H2,1H3. The minimum absolute atomic E-state index is 0.540. The molecule has 2 aromatic heterocycles. The van der Waals surface area contributed by atoms with E-state index in [9.17, 15) is 0 Å². The van der Waals surface area contributed by atoms with E-state index >= 15 is 0 Å². The lowest BCUT2D eigenvalue weighted by atomic mass is 10.0. The third-order valence-electron chi connectivity index (χ3n) is 5.23. The zero-order chi connectivity index (χ0) is 18.3. The van der Waals surface area contributed by atoms with Gasteiger partial charge in [-0.2, -0.15) is 0 Å². The fraction of sp³-hybridized carbons (Fsp3) is 0.350. The lowest BCUT2D eigenvalue weighted by Crippen LogP contribution is -2.37. The molecule has 0 spiro atoms. The van der Waals surface area contributed by atoms with E-state index < -0.39 is 0 Å². The number of benzene rings is 1. The van der Waals surface area contributed by atoms with Gasteiger partial charge in [0.1, 0.15) is 5.65 Å². The van der Waals surface area contributed by atoms with E-state index in [2.05, 4.69) is 16.2 Å². The maximum absolute atomic E-state index is 6.26. The smallest absolute Gasteiger partial charge is 0.137 e. The van der Waals surface area contributed by atoms with Gasteiger partial charge >= 0.3 is 0 Å². The van der Waals surface area contributed by atoms with Crippen LogP contribution in [0.4, 0.5) is 5.69 Å². The molecule has 136 valence electrons. The molecule has 0 aliphatic carbocycles. The molecule has 1 aliphatic rings. The molecule has 1 saturated heterocycles. The summed E-state index contributed by atoms with van der Waals surface area (Å²) >= 11 is 12.4. The van der Waals surface area contributed by atoms with Gasteiger partial charge in [-0.3, -0.25) is 4.90 Å². The van der Waals surface area contributed by atoms with Crippen molar-refractivity contribution in [2.45, 2.75) is 38.8 Å². The van der Waals surface area contributed by atoms with Crippen LogP contribution < -0.4 is 5.73 Å². The molecule has 0 bridgehead atoms. The number of anilines is 1. The Morgan fingerprint density at radius 1 is 1.15 bits per heavy atom. The highest BCUT2D eigenvalue weighted by Crippen LogP contribution is 2.32. The molecule has 0 radical (unpaired) electrons. The van der Waals surface area contributed by atoms with E-state index in [-0.39, 0.29) is 0 Å². The largest absolute Gasteiger partial charge is 0.398 e. The lowest BCUT2D eigenvalue weighted by Gasteiger charge is -2.33. The van der Waals surface area contributed by atoms with Crippen LogP contribution in [-0.2, 0) is 6.54 Å². The number of imidazole rings is 1. The molecular formula is C20H22Cl2N4. The fourth-order valence-corrected chi connectivity index (χ4v) is 4.02. The summed E-state index contributed by atoms with van der Waals surface area (Å²) in [5.74, 6) is 0. The molecule has 6 heteroatoms. The number of nitrogen functional groups attached to an aromatic ring is 1. The Hall–Kier alpha value is -1.75. The van der Waals surface area contributed by atoms with E-state index in [4.69, 9.17) is 33.9 Å². The third-order valence-corrected chi connectivity index (χ3v) is 5.97. The van der Waals surface area contributed by atoms with Gasteiger partial charge in [0.05, 0.1) is 21.4 Å². The number of nitrogens with two attached hydrogens (primary N) is 1. The highest BCUT2D eigenvalue weighted by atomic mass is 35.5. The molecule has 4 nitrogen and oxygen atoms in total. The van der Waals surface area contributed by atoms with Crippen LogP contribution in [0.1, 0.15) is 31.9 Å². The number of fused-ring (bicyclic) bond motifs is 1. The number of hydrogen-bond acceptors (Lipinski definition) is 3. The van der Waals surface area contributed by atoms with Gasteiger partial charge < -0.3 is 10.1 Å². The molecule has 1 unspecified atom stereocenters. The lowest BCUT2D eigenvalue weighted by molar-refractivity contribution is 0.151. The van der Waals surface area contributed by atoms with Crippen LogP contribution in [0.25, 0.3) is 16.9 Å². The van der Waals surface area contributed by atoms with Crippen molar-refractivity contribution < 1.29 is 0 Å². The highest BCUT2D eigenvalue weighted by Gasteiger charge is 2.23. The SMILES string of the molecule is CC1CCCCN1Cc1c(-c2ccc(Cl)c(Cl)c2)nc2ccc(N)cn12. The van der Waals surface area contributed by atoms with Crippen LogP contribution in [0, 0.1) is 0 Å². The summed E-state index contributed by atoms with van der Waals surface area (Å²) in [4.78, 5) is 7.39. The van der Waals surface area contributed by atoms with Crippen molar-refractivity contribution in [1.29, 1.82) is 0 Å². The number of hydrogen-bond donors (Lipinski definition) is 1. The second-order valence-corrected chi connectivity index (χ2v) is 7.86. The molecular weight excluding hydrogens is 367 g/mol. The number of halogens is 2. The number of nitrogens with zero attached hydrogens (tertiary/aromatic N) is 3. The molecule has 1 fully saturated rings. The molecule has 0 amide bonds. The Bertz CT molecular complexity index is 950. The minimum Gasteiger partial charge on any atom is -0.398 e. The maximum Gasteiger partial charge on any atom is 0.137 e. The number of rotatable bonds is 3. The zero-order valence-electron chi connectivity index (χ0n) is 14.8. The highest BCUT2D eigenvalue weighted by molar-refractivity contribution is 6.42. The van der Waals surface area contributed by atoms with Gasteiger partial charge in [0.15, 0.2) is 0 Å². The van der Waals surface area contributed by atoms with Crippen molar-refractivity contribution in [3.63, 3.8) is 0 Å². The summed E-state index contributed by atoms with van der Waals surface area (Å²) in [6.45, 7) is 4.24. The van der Waals surface area contributed by atoms with Gasteiger partial charge in [-0.25, -0.2) is 4.98 Å². The quantitative estimate of drug-likeness (QED) is 0.664. The van der Waals surface area contributed by atoms with E-state index in [1.54, 1.807) is 0 Å². The Kier molecular flexibility index (Phi) is 4.82. The predicted molar refractivity (Wildman–Crippen MR) is 109 cm³/mol. The summed E-state index contributed by atoms with van der Waals surface area (Å²) < 4.78 is 2.11. The number of piperidine rings is 1. The van der Waals surface area contributed by atoms with Gasteiger partial charge in [0.2, 0.25) is 0 Å². The van der Waals surface area contributed by atoms with E-state index in [1.807, 2.05) is 36.5 Å². The monoisotopic (exact) mass is 388 g/mol. The van der Waals surface area contributed by atoms with Crippen molar-refractivity contribution in [1.82, 2.24) is 14.3 Å². The summed E-state index contributed by atoms with van der Waals surface area (Å²) in [5, 5.41) is 1.09. The summed E-state index contributed by atoms with van der Waals surface area (Å²) in [5.41, 5.74) is 10.7. The summed E-state index contributed by atoms with van der Waals surface area (Å²) in [7, 11) is 0. The number of likely N-dealkylation sites (tertiary alicyclic amines) is 1. The first-order chi connectivity index (χ1) is 12.5. The Morgan fingerprint density at radius 3 is 2.77 bits per heavy atom. The van der Waals surface area contributed by atoms with Crippen molar-refractivity contribution >= 4 is 34.5 Å². The molecule has 1 aliphatic heterocycles. The average molecular weight is 389 g/mol. The first-order valence-electron chi connectivity index (χ1n) is 8.99. The first kappa shape index (κ1) is 17.7. The summed E-state index contributed by atoms with van der Waals surface area (Å²) in [6, 6.07) is 10.1. The second kappa shape index (κ2) is 7.10. The third kappa shape index (κ3) is 3.29. The van der Waals surface area contributed by atoms with Crippen LogP contribution in [0.5, 0.6) is 0 Å². The van der Waals surface area contributed by atoms with E-state index in [0.717, 1.165) is 41.4 Å². The minimum atomic E-state index is 0.540. The van der Waals surface area contributed by atoms with Crippen LogP contribution in [0.3, 0.4) is 0 Å². The van der Waals surface area contributed by atoms with Gasteiger partial charge in [0.25, 0.3) is 0 Å². The van der Waals surface area contributed by atoms with Gasteiger partial charge in [-0.1, -0.05) is 35.7 Å². The van der Waals surface area contributed by atoms with Crippen LogP contribution >= 0.6 is 23.2 Å². The Morgan fingerprint density at radius 2 is 2.00 bits per heavy atom.